The summed E-state index contributed by atoms with van der Waals surface area (Å²) in [7, 11) is 0. The van der Waals surface area contributed by atoms with Crippen molar-refractivity contribution in [3.63, 3.8) is 0 Å². The zero-order valence-electron chi connectivity index (χ0n) is 9.99. The Balaban J connectivity index is 1.90. The maximum Gasteiger partial charge on any atom is 0.224 e. The van der Waals surface area contributed by atoms with Crippen LogP contribution in [0.5, 0.6) is 5.75 Å². The molecule has 2 N–H and O–H groups in total. The lowest BCUT2D eigenvalue weighted by Gasteiger charge is -2.20. The van der Waals surface area contributed by atoms with Gasteiger partial charge in [-0.05, 0) is 42.4 Å². The van der Waals surface area contributed by atoms with Gasteiger partial charge in [0.15, 0.2) is 0 Å². The summed E-state index contributed by atoms with van der Waals surface area (Å²) in [5.74, 6) is 2.89. The first kappa shape index (κ1) is 13.6. The van der Waals surface area contributed by atoms with Crippen molar-refractivity contribution in [3.8, 4) is 5.75 Å². The Bertz CT molecular complexity index is 433. The zero-order valence-corrected chi connectivity index (χ0v) is 11.6. The van der Waals surface area contributed by atoms with Crippen molar-refractivity contribution >= 4 is 35.0 Å². The van der Waals surface area contributed by atoms with Crippen LogP contribution in [0.4, 0.5) is 5.69 Å². The van der Waals surface area contributed by atoms with Crippen LogP contribution in [0.1, 0.15) is 19.3 Å². The summed E-state index contributed by atoms with van der Waals surface area (Å²) in [6.45, 7) is 0. The highest BCUT2D eigenvalue weighted by Gasteiger charge is 2.17. The topological polar surface area (TPSA) is 49.3 Å². The second-order valence-electron chi connectivity index (χ2n) is 4.47. The number of hydrogen-bond acceptors (Lipinski definition) is 3. The van der Waals surface area contributed by atoms with Crippen LogP contribution in [0, 0.1) is 5.92 Å². The average Bonchev–Trinajstić information content (AvgIpc) is 2.34. The molecule has 0 spiro atoms. The number of carbonyl (C=O) groups excluding carboxylic acids is 1. The molecule has 1 fully saturated rings. The van der Waals surface area contributed by atoms with E-state index >= 15 is 0 Å². The van der Waals surface area contributed by atoms with Crippen LogP contribution in [-0.4, -0.2) is 22.5 Å². The molecule has 1 aromatic carbocycles. The van der Waals surface area contributed by atoms with E-state index in [9.17, 15) is 9.90 Å². The molecule has 1 saturated heterocycles. The number of aromatic hydroxyl groups is 1. The van der Waals surface area contributed by atoms with E-state index in [2.05, 4.69) is 5.32 Å². The number of nitrogens with one attached hydrogen (secondary N) is 1. The normalized spacial score (nSPS) is 16.5. The number of halogens is 1. The summed E-state index contributed by atoms with van der Waals surface area (Å²) in [6, 6.07) is 4.56. The van der Waals surface area contributed by atoms with Gasteiger partial charge in [0.25, 0.3) is 0 Å². The Labute approximate surface area is 116 Å². The van der Waals surface area contributed by atoms with Crippen molar-refractivity contribution in [2.45, 2.75) is 19.3 Å². The van der Waals surface area contributed by atoms with E-state index in [0.717, 1.165) is 24.3 Å². The molecule has 1 aliphatic heterocycles. The smallest absolute Gasteiger partial charge is 0.224 e. The van der Waals surface area contributed by atoms with Crippen molar-refractivity contribution < 1.29 is 9.90 Å². The van der Waals surface area contributed by atoms with Gasteiger partial charge in [0, 0.05) is 12.5 Å². The van der Waals surface area contributed by atoms with Crippen molar-refractivity contribution in [1.29, 1.82) is 0 Å². The minimum Gasteiger partial charge on any atom is -0.508 e. The summed E-state index contributed by atoms with van der Waals surface area (Å²) >= 11 is 7.89. The van der Waals surface area contributed by atoms with Crippen molar-refractivity contribution in [2.24, 2.45) is 5.92 Å². The second-order valence-corrected chi connectivity index (χ2v) is 6.10. The van der Waals surface area contributed by atoms with E-state index in [1.54, 1.807) is 6.07 Å². The molecule has 3 nitrogen and oxygen atoms in total. The fourth-order valence-corrected chi connectivity index (χ4v) is 3.45. The number of phenols is 1. The summed E-state index contributed by atoms with van der Waals surface area (Å²) in [5, 5.41) is 12.4. The molecule has 1 aromatic rings. The largest absolute Gasteiger partial charge is 0.508 e. The van der Waals surface area contributed by atoms with Crippen LogP contribution >= 0.6 is 23.4 Å². The fourth-order valence-electron chi connectivity index (χ4n) is 2.02. The average molecular weight is 286 g/mol. The third kappa shape index (κ3) is 3.82. The van der Waals surface area contributed by atoms with Crippen molar-refractivity contribution in [3.05, 3.63) is 23.2 Å². The Morgan fingerprint density at radius 2 is 2.17 bits per heavy atom. The van der Waals surface area contributed by atoms with E-state index in [1.165, 1.54) is 12.1 Å². The maximum atomic E-state index is 11.9. The van der Waals surface area contributed by atoms with Crippen LogP contribution in [0.25, 0.3) is 0 Å². The van der Waals surface area contributed by atoms with Crippen LogP contribution in [0.2, 0.25) is 5.02 Å². The minimum atomic E-state index is -0.000472. The molecule has 0 atom stereocenters. The van der Waals surface area contributed by atoms with Crippen LogP contribution in [0.3, 0.4) is 0 Å². The quantitative estimate of drug-likeness (QED) is 0.836. The Hall–Kier alpha value is -0.870. The molecule has 98 valence electrons. The van der Waals surface area contributed by atoms with Gasteiger partial charge in [-0.2, -0.15) is 11.8 Å². The molecule has 0 unspecified atom stereocenters. The van der Waals surface area contributed by atoms with E-state index in [0.29, 0.717) is 23.0 Å². The summed E-state index contributed by atoms with van der Waals surface area (Å²) in [5.41, 5.74) is 0.560. The predicted octanol–water partition coefficient (Wildman–Crippen LogP) is 3.52. The molecule has 0 aromatic heterocycles. The van der Waals surface area contributed by atoms with Gasteiger partial charge in [-0.1, -0.05) is 11.6 Å². The molecule has 1 heterocycles. The Morgan fingerprint density at radius 1 is 1.44 bits per heavy atom. The first-order valence-corrected chi connectivity index (χ1v) is 7.54. The Kier molecular flexibility index (Phi) is 4.78. The molecule has 1 aliphatic rings. The minimum absolute atomic E-state index is 0.000472. The molecular weight excluding hydrogens is 270 g/mol. The summed E-state index contributed by atoms with van der Waals surface area (Å²) < 4.78 is 0. The van der Waals surface area contributed by atoms with Crippen LogP contribution in [0.15, 0.2) is 18.2 Å². The van der Waals surface area contributed by atoms with E-state index < -0.39 is 0 Å². The number of carbonyl (C=O) groups is 1. The highest BCUT2D eigenvalue weighted by atomic mass is 35.5. The third-order valence-electron chi connectivity index (χ3n) is 3.04. The van der Waals surface area contributed by atoms with Gasteiger partial charge in [0.05, 0.1) is 10.7 Å². The van der Waals surface area contributed by atoms with Gasteiger partial charge in [0.2, 0.25) is 5.91 Å². The zero-order chi connectivity index (χ0) is 13.0. The molecule has 0 saturated carbocycles. The van der Waals surface area contributed by atoms with Crippen LogP contribution in [-0.2, 0) is 4.79 Å². The van der Waals surface area contributed by atoms with Crippen molar-refractivity contribution in [1.82, 2.24) is 0 Å². The van der Waals surface area contributed by atoms with Gasteiger partial charge < -0.3 is 10.4 Å². The summed E-state index contributed by atoms with van der Waals surface area (Å²) in [4.78, 5) is 11.9. The SMILES string of the molecule is O=C(CC1CCSCC1)Nc1ccc(O)cc1Cl. The molecule has 0 radical (unpaired) electrons. The number of thioether (sulfide) groups is 1. The maximum absolute atomic E-state index is 11.9. The van der Waals surface area contributed by atoms with E-state index in [1.807, 2.05) is 11.8 Å². The number of rotatable bonds is 3. The number of phenolic OH excluding ortho intramolecular Hbond substituents is 1. The number of anilines is 1. The standard InChI is InChI=1S/C13H16ClNO2S/c14-11-8-10(16)1-2-12(11)15-13(17)7-9-3-5-18-6-4-9/h1-2,8-9,16H,3-7H2,(H,15,17). The molecule has 0 aliphatic carbocycles. The number of hydrogen-bond donors (Lipinski definition) is 2. The van der Waals surface area contributed by atoms with Gasteiger partial charge in [-0.3, -0.25) is 4.79 Å². The first-order chi connectivity index (χ1) is 8.65. The lowest BCUT2D eigenvalue weighted by atomic mass is 9.98. The predicted molar refractivity (Wildman–Crippen MR) is 76.4 cm³/mol. The van der Waals surface area contributed by atoms with Gasteiger partial charge in [-0.25, -0.2) is 0 Å². The second kappa shape index (κ2) is 6.34. The Morgan fingerprint density at radius 3 is 2.83 bits per heavy atom. The lowest BCUT2D eigenvalue weighted by molar-refractivity contribution is -0.117. The number of amides is 1. The van der Waals surface area contributed by atoms with Crippen molar-refractivity contribution in [2.75, 3.05) is 16.8 Å². The first-order valence-electron chi connectivity index (χ1n) is 6.01. The fraction of sp³-hybridized carbons (Fsp3) is 0.462. The van der Waals surface area contributed by atoms with Gasteiger partial charge in [0.1, 0.15) is 5.75 Å². The molecule has 1 amide bonds. The van der Waals surface area contributed by atoms with Gasteiger partial charge in [-0.15, -0.1) is 0 Å². The molecule has 2 rings (SSSR count). The van der Waals surface area contributed by atoms with E-state index in [4.69, 9.17) is 11.6 Å². The molecular formula is C13H16ClNO2S. The molecule has 18 heavy (non-hydrogen) atoms. The third-order valence-corrected chi connectivity index (χ3v) is 4.40. The highest BCUT2D eigenvalue weighted by molar-refractivity contribution is 7.99. The summed E-state index contributed by atoms with van der Waals surface area (Å²) in [6.07, 6.45) is 2.78. The van der Waals surface area contributed by atoms with Gasteiger partial charge >= 0.3 is 0 Å². The molecule has 0 bridgehead atoms. The van der Waals surface area contributed by atoms with E-state index in [-0.39, 0.29) is 11.7 Å². The number of benzene rings is 1. The monoisotopic (exact) mass is 285 g/mol. The lowest BCUT2D eigenvalue weighted by Crippen LogP contribution is -2.19. The molecule has 5 heteroatoms. The van der Waals surface area contributed by atoms with Crippen LogP contribution < -0.4 is 5.32 Å². The highest BCUT2D eigenvalue weighted by Crippen LogP contribution is 2.28.